The first-order chi connectivity index (χ1) is 24.7. The number of phosphoric acid groups is 1. The molecule has 0 saturated carbocycles. The van der Waals surface area contributed by atoms with E-state index in [0.29, 0.717) is 12.8 Å². The fourth-order valence-corrected chi connectivity index (χ4v) is 6.78. The van der Waals surface area contributed by atoms with Gasteiger partial charge in [-0.2, -0.15) is 0 Å². The molecular weight excluding hydrogens is 671 g/mol. The van der Waals surface area contributed by atoms with Gasteiger partial charge in [0.2, 0.25) is 0 Å². The Balaban J connectivity index is 4.22. The molecule has 51 heavy (non-hydrogen) atoms. The first-order valence-corrected chi connectivity index (χ1v) is 22.5. The Morgan fingerprint density at radius 2 is 0.843 bits per heavy atom. The Bertz CT molecular complexity index is 827. The quantitative estimate of drug-likeness (QED) is 0.0314. The molecule has 0 aliphatic carbocycles. The van der Waals surface area contributed by atoms with Crippen LogP contribution in [0, 0.1) is 0 Å². The summed E-state index contributed by atoms with van der Waals surface area (Å²) >= 11 is 0. The molecule has 0 aromatic carbocycles. The van der Waals surface area contributed by atoms with Gasteiger partial charge in [0.1, 0.15) is 12.7 Å². The minimum Gasteiger partial charge on any atom is -0.462 e. The molecule has 3 unspecified atom stereocenters. The summed E-state index contributed by atoms with van der Waals surface area (Å²) in [5.41, 5.74) is 0. The molecule has 0 saturated heterocycles. The minimum absolute atomic E-state index is 0.192. The number of carbonyl (C=O) groups excluding carboxylic acids is 2. The van der Waals surface area contributed by atoms with Crippen LogP contribution in [0.1, 0.15) is 206 Å². The second-order valence-corrected chi connectivity index (χ2v) is 15.8. The number of esters is 2. The van der Waals surface area contributed by atoms with Crippen LogP contribution in [-0.4, -0.2) is 65.7 Å². The van der Waals surface area contributed by atoms with Crippen molar-refractivity contribution in [3.8, 4) is 0 Å². The smallest absolute Gasteiger partial charge is 0.462 e. The lowest BCUT2D eigenvalue weighted by Crippen LogP contribution is -2.29. The molecule has 0 aliphatic rings. The summed E-state index contributed by atoms with van der Waals surface area (Å²) in [4.78, 5) is 34.8. The standard InChI is InChI=1S/C40H79O10P/c1-3-5-7-9-11-13-15-16-17-18-19-20-21-22-24-26-28-30-32-40(44)50-38(36-49-51(45,46)48-34-37(42)33-41)35-47-39(43)31-29-27-25-23-14-12-10-8-6-4-2/h37-38,41-42H,3-36H2,1-2H3,(H,45,46). The highest BCUT2D eigenvalue weighted by Crippen LogP contribution is 2.43. The molecule has 304 valence electrons. The van der Waals surface area contributed by atoms with Crippen LogP contribution >= 0.6 is 7.82 Å². The van der Waals surface area contributed by atoms with E-state index < -0.39 is 51.8 Å². The topological polar surface area (TPSA) is 149 Å². The summed E-state index contributed by atoms with van der Waals surface area (Å²) in [6.45, 7) is 2.39. The van der Waals surface area contributed by atoms with Crippen molar-refractivity contribution in [1.82, 2.24) is 0 Å². The van der Waals surface area contributed by atoms with E-state index >= 15 is 0 Å². The maximum atomic E-state index is 12.6. The fraction of sp³-hybridized carbons (Fsp3) is 0.950. The lowest BCUT2D eigenvalue weighted by atomic mass is 10.0. The second-order valence-electron chi connectivity index (χ2n) is 14.4. The Morgan fingerprint density at radius 3 is 1.22 bits per heavy atom. The number of hydrogen-bond donors (Lipinski definition) is 3. The Kier molecular flexibility index (Phi) is 36.5. The third-order valence-corrected chi connectivity index (χ3v) is 10.2. The van der Waals surface area contributed by atoms with Gasteiger partial charge in [0.05, 0.1) is 19.8 Å². The zero-order valence-electron chi connectivity index (χ0n) is 32.8. The van der Waals surface area contributed by atoms with E-state index in [-0.39, 0.29) is 19.4 Å². The highest BCUT2D eigenvalue weighted by molar-refractivity contribution is 7.47. The molecule has 10 nitrogen and oxygen atoms in total. The fourth-order valence-electron chi connectivity index (χ4n) is 5.99. The summed E-state index contributed by atoms with van der Waals surface area (Å²) in [6.07, 6.45) is 32.2. The number of phosphoric ester groups is 1. The maximum absolute atomic E-state index is 12.6. The first kappa shape index (κ1) is 50.0. The number of rotatable bonds is 40. The molecular formula is C40H79O10P. The van der Waals surface area contributed by atoms with Crippen molar-refractivity contribution < 1.29 is 47.8 Å². The normalized spacial score (nSPS) is 13.9. The molecule has 0 bridgehead atoms. The number of carbonyl (C=O) groups is 2. The van der Waals surface area contributed by atoms with Gasteiger partial charge in [0.15, 0.2) is 6.10 Å². The van der Waals surface area contributed by atoms with E-state index in [2.05, 4.69) is 18.4 Å². The maximum Gasteiger partial charge on any atom is 0.472 e. The van der Waals surface area contributed by atoms with E-state index in [4.69, 9.17) is 19.1 Å². The van der Waals surface area contributed by atoms with E-state index in [1.807, 2.05) is 0 Å². The molecule has 3 atom stereocenters. The Labute approximate surface area is 312 Å². The van der Waals surface area contributed by atoms with Crippen molar-refractivity contribution in [1.29, 1.82) is 0 Å². The van der Waals surface area contributed by atoms with Crippen molar-refractivity contribution in [3.05, 3.63) is 0 Å². The van der Waals surface area contributed by atoms with E-state index in [0.717, 1.165) is 38.5 Å². The van der Waals surface area contributed by atoms with Crippen LogP contribution < -0.4 is 0 Å². The van der Waals surface area contributed by atoms with Crippen molar-refractivity contribution in [2.75, 3.05) is 26.4 Å². The average molecular weight is 751 g/mol. The lowest BCUT2D eigenvalue weighted by Gasteiger charge is -2.20. The van der Waals surface area contributed by atoms with Gasteiger partial charge in [-0.15, -0.1) is 0 Å². The molecule has 0 amide bonds. The average Bonchev–Trinajstić information content (AvgIpc) is 3.12. The number of aliphatic hydroxyl groups is 2. The molecule has 0 rings (SSSR count). The number of unbranched alkanes of at least 4 members (excludes halogenated alkanes) is 26. The third-order valence-electron chi connectivity index (χ3n) is 9.26. The molecule has 3 N–H and O–H groups in total. The van der Waals surface area contributed by atoms with Gasteiger partial charge >= 0.3 is 19.8 Å². The van der Waals surface area contributed by atoms with Crippen LogP contribution in [0.5, 0.6) is 0 Å². The molecule has 11 heteroatoms. The largest absolute Gasteiger partial charge is 0.472 e. The molecule has 0 radical (unpaired) electrons. The van der Waals surface area contributed by atoms with Gasteiger partial charge in [-0.25, -0.2) is 4.57 Å². The Morgan fingerprint density at radius 1 is 0.510 bits per heavy atom. The highest BCUT2D eigenvalue weighted by Gasteiger charge is 2.27. The van der Waals surface area contributed by atoms with E-state index in [9.17, 15) is 24.2 Å². The van der Waals surface area contributed by atoms with Gasteiger partial charge < -0.3 is 24.6 Å². The molecule has 0 aliphatic heterocycles. The van der Waals surface area contributed by atoms with Gasteiger partial charge in [-0.1, -0.05) is 181 Å². The van der Waals surface area contributed by atoms with Crippen LogP contribution in [0.3, 0.4) is 0 Å². The van der Waals surface area contributed by atoms with Crippen molar-refractivity contribution in [3.63, 3.8) is 0 Å². The van der Waals surface area contributed by atoms with Gasteiger partial charge in [0.25, 0.3) is 0 Å². The van der Waals surface area contributed by atoms with Crippen molar-refractivity contribution in [2.24, 2.45) is 0 Å². The zero-order valence-corrected chi connectivity index (χ0v) is 33.7. The third kappa shape index (κ3) is 37.1. The van der Waals surface area contributed by atoms with E-state index in [1.54, 1.807) is 0 Å². The highest BCUT2D eigenvalue weighted by atomic mass is 31.2. The lowest BCUT2D eigenvalue weighted by molar-refractivity contribution is -0.161. The van der Waals surface area contributed by atoms with Crippen LogP contribution in [0.2, 0.25) is 0 Å². The molecule has 0 aromatic heterocycles. The summed E-state index contributed by atoms with van der Waals surface area (Å²) in [7, 11) is -4.60. The molecule has 0 fully saturated rings. The first-order valence-electron chi connectivity index (χ1n) is 21.0. The van der Waals surface area contributed by atoms with E-state index in [1.165, 1.54) is 128 Å². The summed E-state index contributed by atoms with van der Waals surface area (Å²) in [5.74, 6) is -0.913. The predicted molar refractivity (Wildman–Crippen MR) is 206 cm³/mol. The van der Waals surface area contributed by atoms with Gasteiger partial charge in [0, 0.05) is 12.8 Å². The molecule has 0 aromatic rings. The van der Waals surface area contributed by atoms with Crippen molar-refractivity contribution >= 4 is 19.8 Å². The SMILES string of the molecule is CCCCCCCCCCCCCCCCCCCCC(=O)OC(COC(=O)CCCCCCCCCCCC)COP(=O)(O)OCC(O)CO. The van der Waals surface area contributed by atoms with Crippen LogP contribution in [0.4, 0.5) is 0 Å². The van der Waals surface area contributed by atoms with Crippen LogP contribution in [0.25, 0.3) is 0 Å². The number of aliphatic hydroxyl groups excluding tert-OH is 2. The van der Waals surface area contributed by atoms with Crippen LogP contribution in [0.15, 0.2) is 0 Å². The molecule has 0 spiro atoms. The summed E-state index contributed by atoms with van der Waals surface area (Å²) in [5, 5.41) is 18.3. The number of hydrogen-bond acceptors (Lipinski definition) is 9. The van der Waals surface area contributed by atoms with Gasteiger partial charge in [-0.3, -0.25) is 18.6 Å². The van der Waals surface area contributed by atoms with Crippen molar-refractivity contribution in [2.45, 2.75) is 219 Å². The van der Waals surface area contributed by atoms with Crippen LogP contribution in [-0.2, 0) is 32.7 Å². The zero-order chi connectivity index (χ0) is 37.7. The minimum atomic E-state index is -4.60. The Hall–Kier alpha value is -1.03. The number of ether oxygens (including phenoxy) is 2. The molecule has 0 heterocycles. The summed E-state index contributed by atoms with van der Waals surface area (Å²) in [6, 6.07) is 0. The monoisotopic (exact) mass is 751 g/mol. The van der Waals surface area contributed by atoms with Gasteiger partial charge in [-0.05, 0) is 12.8 Å². The predicted octanol–water partition coefficient (Wildman–Crippen LogP) is 10.7. The second kappa shape index (κ2) is 37.3. The summed E-state index contributed by atoms with van der Waals surface area (Å²) < 4.78 is 32.6.